The van der Waals surface area contributed by atoms with Gasteiger partial charge in [0.1, 0.15) is 6.07 Å². The van der Waals surface area contributed by atoms with E-state index in [1.54, 1.807) is 6.07 Å². The predicted octanol–water partition coefficient (Wildman–Crippen LogP) is 1.86. The fraction of sp³-hybridized carbons (Fsp3) is 0.308. The van der Waals surface area contributed by atoms with Gasteiger partial charge in [0.05, 0.1) is 17.1 Å². The highest BCUT2D eigenvalue weighted by Crippen LogP contribution is 2.19. The number of carbonyl (C=O) groups excluding carboxylic acids is 2. The number of nitrogens with one attached hydrogen (secondary N) is 3. The Bertz CT molecular complexity index is 540. The molecule has 0 atom stereocenters. The third-order valence-corrected chi connectivity index (χ3v) is 2.64. The summed E-state index contributed by atoms with van der Waals surface area (Å²) in [6.45, 7) is 2.41. The van der Waals surface area contributed by atoms with Crippen molar-refractivity contribution in [2.75, 3.05) is 18.4 Å². The summed E-state index contributed by atoms with van der Waals surface area (Å²) in [6, 6.07) is 5.94. The minimum absolute atomic E-state index is 0.101. The lowest BCUT2D eigenvalue weighted by Crippen LogP contribution is -2.39. The molecule has 0 saturated heterocycles. The van der Waals surface area contributed by atoms with Crippen LogP contribution in [0.4, 0.5) is 10.5 Å². The summed E-state index contributed by atoms with van der Waals surface area (Å²) in [5, 5.41) is 16.6. The Morgan fingerprint density at radius 3 is 2.70 bits per heavy atom. The predicted molar refractivity (Wildman–Crippen MR) is 76.5 cm³/mol. The minimum atomic E-state index is -0.516. The quantitative estimate of drug-likeness (QED) is 0.773. The lowest BCUT2D eigenvalue weighted by Gasteiger charge is -2.08. The first-order chi connectivity index (χ1) is 9.56. The summed E-state index contributed by atoms with van der Waals surface area (Å²) in [5.74, 6) is -0.250. The number of carbonyl (C=O) groups is 2. The molecule has 0 radical (unpaired) electrons. The van der Waals surface area contributed by atoms with Crippen molar-refractivity contribution in [3.05, 3.63) is 28.8 Å². The molecule has 0 bridgehead atoms. The van der Waals surface area contributed by atoms with E-state index in [4.69, 9.17) is 16.9 Å². The first-order valence-electron chi connectivity index (χ1n) is 6.08. The molecule has 0 aromatic heterocycles. The molecule has 0 heterocycles. The highest BCUT2D eigenvalue weighted by atomic mass is 35.5. The Morgan fingerprint density at radius 1 is 1.35 bits per heavy atom. The smallest absolute Gasteiger partial charge is 0.319 e. The van der Waals surface area contributed by atoms with E-state index < -0.39 is 6.03 Å². The number of halogens is 1. The Morgan fingerprint density at radius 2 is 2.10 bits per heavy atom. The maximum absolute atomic E-state index is 11.5. The summed E-state index contributed by atoms with van der Waals surface area (Å²) in [7, 11) is 0. The van der Waals surface area contributed by atoms with E-state index in [2.05, 4.69) is 16.0 Å². The topological polar surface area (TPSA) is 94.0 Å². The van der Waals surface area contributed by atoms with Gasteiger partial charge in [-0.2, -0.15) is 5.26 Å². The molecule has 3 amide bonds. The van der Waals surface area contributed by atoms with E-state index in [0.29, 0.717) is 17.8 Å². The molecule has 0 aliphatic heterocycles. The molecule has 0 fully saturated rings. The third kappa shape index (κ3) is 5.16. The van der Waals surface area contributed by atoms with Crippen molar-refractivity contribution in [1.82, 2.24) is 10.6 Å². The Labute approximate surface area is 122 Å². The highest BCUT2D eigenvalue weighted by molar-refractivity contribution is 6.32. The van der Waals surface area contributed by atoms with Crippen LogP contribution in [0, 0.1) is 11.3 Å². The van der Waals surface area contributed by atoms with E-state index in [0.717, 1.165) is 6.42 Å². The van der Waals surface area contributed by atoms with Gasteiger partial charge in [-0.15, -0.1) is 0 Å². The molecule has 0 aliphatic rings. The zero-order valence-electron chi connectivity index (χ0n) is 11.0. The molecule has 20 heavy (non-hydrogen) atoms. The van der Waals surface area contributed by atoms with Crippen LogP contribution in [0.5, 0.6) is 0 Å². The Hall–Kier alpha value is -2.26. The number of urea groups is 1. The van der Waals surface area contributed by atoms with Crippen molar-refractivity contribution in [2.24, 2.45) is 0 Å². The van der Waals surface area contributed by atoms with Gasteiger partial charge in [-0.25, -0.2) is 4.79 Å². The van der Waals surface area contributed by atoms with E-state index in [1.165, 1.54) is 12.1 Å². The number of anilines is 1. The average Bonchev–Trinajstić information content (AvgIpc) is 2.43. The number of nitriles is 1. The van der Waals surface area contributed by atoms with Crippen LogP contribution < -0.4 is 16.0 Å². The fourth-order valence-corrected chi connectivity index (χ4v) is 1.57. The second-order valence-corrected chi connectivity index (χ2v) is 4.37. The molecule has 0 saturated carbocycles. The van der Waals surface area contributed by atoms with Gasteiger partial charge in [-0.3, -0.25) is 4.79 Å². The number of amides is 3. The van der Waals surface area contributed by atoms with Gasteiger partial charge < -0.3 is 16.0 Å². The van der Waals surface area contributed by atoms with Crippen LogP contribution in [-0.4, -0.2) is 25.0 Å². The number of hydrogen-bond acceptors (Lipinski definition) is 3. The standard InChI is InChI=1S/C13H15ClN4O2/c1-2-5-16-12(19)8-17-13(20)18-10-4-3-9(7-15)11(14)6-10/h3-4,6H,2,5,8H2,1H3,(H,16,19)(H2,17,18,20). The van der Waals surface area contributed by atoms with Crippen LogP contribution in [-0.2, 0) is 4.79 Å². The van der Waals surface area contributed by atoms with Crippen molar-refractivity contribution in [2.45, 2.75) is 13.3 Å². The molecule has 0 unspecified atom stereocenters. The minimum Gasteiger partial charge on any atom is -0.355 e. The highest BCUT2D eigenvalue weighted by Gasteiger charge is 2.06. The molecule has 106 valence electrons. The number of rotatable bonds is 5. The van der Waals surface area contributed by atoms with Gasteiger partial charge in [0.2, 0.25) is 5.91 Å². The maximum Gasteiger partial charge on any atom is 0.319 e. The molecule has 0 aliphatic carbocycles. The summed E-state index contributed by atoms with van der Waals surface area (Å²) < 4.78 is 0. The summed E-state index contributed by atoms with van der Waals surface area (Å²) in [6.07, 6.45) is 0.835. The first kappa shape index (κ1) is 15.8. The van der Waals surface area contributed by atoms with Gasteiger partial charge in [0.15, 0.2) is 0 Å². The van der Waals surface area contributed by atoms with Crippen molar-refractivity contribution < 1.29 is 9.59 Å². The van der Waals surface area contributed by atoms with Crippen LogP contribution in [0.25, 0.3) is 0 Å². The van der Waals surface area contributed by atoms with E-state index in [-0.39, 0.29) is 17.5 Å². The Kier molecular flexibility index (Phi) is 6.33. The molecule has 7 heteroatoms. The third-order valence-electron chi connectivity index (χ3n) is 2.33. The zero-order chi connectivity index (χ0) is 15.0. The number of nitrogens with zero attached hydrogens (tertiary/aromatic N) is 1. The fourth-order valence-electron chi connectivity index (χ4n) is 1.35. The van der Waals surface area contributed by atoms with Crippen LogP contribution >= 0.6 is 11.6 Å². The average molecular weight is 295 g/mol. The van der Waals surface area contributed by atoms with Crippen molar-refractivity contribution >= 4 is 29.2 Å². The molecular weight excluding hydrogens is 280 g/mol. The molecular formula is C13H15ClN4O2. The molecule has 1 rings (SSSR count). The largest absolute Gasteiger partial charge is 0.355 e. The molecule has 1 aromatic carbocycles. The second-order valence-electron chi connectivity index (χ2n) is 3.96. The Balaban J connectivity index is 2.45. The van der Waals surface area contributed by atoms with Gasteiger partial charge in [0.25, 0.3) is 0 Å². The second kappa shape index (κ2) is 8.02. The van der Waals surface area contributed by atoms with Crippen LogP contribution in [0.15, 0.2) is 18.2 Å². The van der Waals surface area contributed by atoms with Crippen LogP contribution in [0.3, 0.4) is 0 Å². The first-order valence-corrected chi connectivity index (χ1v) is 6.45. The lowest BCUT2D eigenvalue weighted by atomic mass is 10.2. The van der Waals surface area contributed by atoms with Crippen LogP contribution in [0.2, 0.25) is 5.02 Å². The normalized spacial score (nSPS) is 9.45. The van der Waals surface area contributed by atoms with Crippen molar-refractivity contribution in [1.29, 1.82) is 5.26 Å². The summed E-state index contributed by atoms with van der Waals surface area (Å²) >= 11 is 5.84. The lowest BCUT2D eigenvalue weighted by molar-refractivity contribution is -0.120. The van der Waals surface area contributed by atoms with Gasteiger partial charge in [-0.1, -0.05) is 18.5 Å². The van der Waals surface area contributed by atoms with Gasteiger partial charge in [0, 0.05) is 12.2 Å². The summed E-state index contributed by atoms with van der Waals surface area (Å²) in [4.78, 5) is 22.8. The summed E-state index contributed by atoms with van der Waals surface area (Å²) in [5.41, 5.74) is 0.775. The monoisotopic (exact) mass is 294 g/mol. The molecule has 1 aromatic rings. The van der Waals surface area contributed by atoms with Crippen molar-refractivity contribution in [3.8, 4) is 6.07 Å². The SMILES string of the molecule is CCCNC(=O)CNC(=O)Nc1ccc(C#N)c(Cl)c1. The maximum atomic E-state index is 11.5. The van der Waals surface area contributed by atoms with Crippen molar-refractivity contribution in [3.63, 3.8) is 0 Å². The van der Waals surface area contributed by atoms with E-state index in [9.17, 15) is 9.59 Å². The zero-order valence-corrected chi connectivity index (χ0v) is 11.8. The van der Waals surface area contributed by atoms with Gasteiger partial charge >= 0.3 is 6.03 Å². The van der Waals surface area contributed by atoms with Crippen LogP contribution in [0.1, 0.15) is 18.9 Å². The van der Waals surface area contributed by atoms with E-state index >= 15 is 0 Å². The molecule has 3 N–H and O–H groups in total. The van der Waals surface area contributed by atoms with Gasteiger partial charge in [-0.05, 0) is 24.6 Å². The number of benzene rings is 1. The molecule has 0 spiro atoms. The number of hydrogen-bond donors (Lipinski definition) is 3. The van der Waals surface area contributed by atoms with E-state index in [1.807, 2.05) is 13.0 Å². The molecule has 6 nitrogen and oxygen atoms in total.